The Morgan fingerprint density at radius 2 is 1.85 bits per heavy atom. The molecule has 1 aliphatic rings. The van der Waals surface area contributed by atoms with E-state index in [1.807, 2.05) is 23.8 Å². The number of thiophene rings is 1. The Bertz CT molecular complexity index is 1280. The first-order valence-corrected chi connectivity index (χ1v) is 12.8. The van der Waals surface area contributed by atoms with Crippen LogP contribution < -0.4 is 4.72 Å². The van der Waals surface area contributed by atoms with Crippen LogP contribution in [-0.2, 0) is 33.8 Å². The van der Waals surface area contributed by atoms with E-state index in [-0.39, 0.29) is 29.1 Å². The van der Waals surface area contributed by atoms with Crippen molar-refractivity contribution in [1.82, 2.24) is 4.72 Å². The summed E-state index contributed by atoms with van der Waals surface area (Å²) in [6, 6.07) is 11.3. The lowest BCUT2D eigenvalue weighted by Crippen LogP contribution is -2.34. The molecule has 0 amide bonds. The maximum Gasteiger partial charge on any atom is 0.416 e. The van der Waals surface area contributed by atoms with Gasteiger partial charge in [0.1, 0.15) is 5.78 Å². The minimum atomic E-state index is -4.49. The first kappa shape index (κ1) is 23.7. The van der Waals surface area contributed by atoms with Gasteiger partial charge in [-0.3, -0.25) is 4.79 Å². The molecule has 0 radical (unpaired) electrons. The van der Waals surface area contributed by atoms with Crippen molar-refractivity contribution < 1.29 is 26.4 Å². The highest BCUT2D eigenvalue weighted by atomic mass is 32.2. The van der Waals surface area contributed by atoms with Gasteiger partial charge in [0.15, 0.2) is 0 Å². The van der Waals surface area contributed by atoms with E-state index in [9.17, 15) is 26.4 Å². The standard InChI is InChI=1S/C24H22F3NO3S2/c1-23(8-9-23)28-33(30,31)21-5-6-22(17-7-10-32-15-17)18(14-21)13-20(29)12-16-3-2-4-19(11-16)24(25,26)27/h2-7,10-11,14-15,28H,8-9,12-13H2,1H3. The molecule has 1 fully saturated rings. The fourth-order valence-corrected chi connectivity index (χ4v) is 5.79. The predicted molar refractivity (Wildman–Crippen MR) is 122 cm³/mol. The fourth-order valence-electron chi connectivity index (χ4n) is 3.62. The number of carbonyl (C=O) groups excluding carboxylic acids is 1. The van der Waals surface area contributed by atoms with Gasteiger partial charge in [-0.25, -0.2) is 13.1 Å². The lowest BCUT2D eigenvalue weighted by molar-refractivity contribution is -0.137. The van der Waals surface area contributed by atoms with Gasteiger partial charge < -0.3 is 0 Å². The second-order valence-corrected chi connectivity index (χ2v) is 11.0. The largest absolute Gasteiger partial charge is 0.416 e. The molecule has 0 saturated heterocycles. The van der Waals surface area contributed by atoms with E-state index >= 15 is 0 Å². The summed E-state index contributed by atoms with van der Waals surface area (Å²) in [5.41, 5.74) is 1.12. The summed E-state index contributed by atoms with van der Waals surface area (Å²) < 4.78 is 67.4. The van der Waals surface area contributed by atoms with Crippen molar-refractivity contribution in [2.75, 3.05) is 0 Å². The summed E-state index contributed by atoms with van der Waals surface area (Å²) in [7, 11) is -3.76. The van der Waals surface area contributed by atoms with Crippen LogP contribution in [0.3, 0.4) is 0 Å². The van der Waals surface area contributed by atoms with Crippen LogP contribution in [0.1, 0.15) is 36.5 Å². The van der Waals surface area contributed by atoms with E-state index in [4.69, 9.17) is 0 Å². The van der Waals surface area contributed by atoms with E-state index in [1.165, 1.54) is 35.6 Å². The Kier molecular flexibility index (Phi) is 6.24. The number of sulfonamides is 1. The number of carbonyl (C=O) groups is 1. The zero-order valence-corrected chi connectivity index (χ0v) is 19.4. The number of hydrogen-bond donors (Lipinski definition) is 1. The number of rotatable bonds is 8. The molecule has 1 saturated carbocycles. The molecule has 1 aliphatic carbocycles. The molecule has 0 bridgehead atoms. The molecule has 0 unspecified atom stereocenters. The zero-order chi connectivity index (χ0) is 23.9. The molecule has 0 spiro atoms. The Morgan fingerprint density at radius 1 is 1.09 bits per heavy atom. The highest BCUT2D eigenvalue weighted by Crippen LogP contribution is 2.37. The predicted octanol–water partition coefficient (Wildman–Crippen LogP) is 5.62. The zero-order valence-electron chi connectivity index (χ0n) is 17.8. The number of hydrogen-bond acceptors (Lipinski definition) is 4. The lowest BCUT2D eigenvalue weighted by atomic mass is 9.95. The summed E-state index contributed by atoms with van der Waals surface area (Å²) in [4.78, 5) is 12.9. The summed E-state index contributed by atoms with van der Waals surface area (Å²) in [6.45, 7) is 1.84. The second-order valence-electron chi connectivity index (χ2n) is 8.59. The highest BCUT2D eigenvalue weighted by Gasteiger charge is 2.41. The smallest absolute Gasteiger partial charge is 0.299 e. The summed E-state index contributed by atoms with van der Waals surface area (Å²) >= 11 is 1.47. The van der Waals surface area contributed by atoms with Crippen molar-refractivity contribution in [2.45, 2.75) is 49.2 Å². The van der Waals surface area contributed by atoms with Crippen LogP contribution >= 0.6 is 11.3 Å². The third-order valence-electron chi connectivity index (χ3n) is 5.64. The van der Waals surface area contributed by atoms with E-state index in [0.29, 0.717) is 5.56 Å². The van der Waals surface area contributed by atoms with Crippen LogP contribution in [0.4, 0.5) is 13.2 Å². The van der Waals surface area contributed by atoms with Crippen molar-refractivity contribution >= 4 is 27.1 Å². The molecule has 4 nitrogen and oxygen atoms in total. The fraction of sp³-hybridized carbons (Fsp3) is 0.292. The van der Waals surface area contributed by atoms with Gasteiger partial charge in [-0.15, -0.1) is 0 Å². The van der Waals surface area contributed by atoms with Crippen LogP contribution in [0, 0.1) is 0 Å². The number of halogens is 3. The van der Waals surface area contributed by atoms with Gasteiger partial charge in [-0.2, -0.15) is 24.5 Å². The Labute approximate surface area is 194 Å². The minimum absolute atomic E-state index is 0.0662. The van der Waals surface area contributed by atoms with Crippen LogP contribution in [0.5, 0.6) is 0 Å². The highest BCUT2D eigenvalue weighted by molar-refractivity contribution is 7.89. The van der Waals surface area contributed by atoms with Gasteiger partial charge in [-0.1, -0.05) is 24.3 Å². The topological polar surface area (TPSA) is 63.2 Å². The van der Waals surface area contributed by atoms with Crippen molar-refractivity contribution in [3.8, 4) is 11.1 Å². The Morgan fingerprint density at radius 3 is 2.48 bits per heavy atom. The number of alkyl halides is 3. The molecule has 1 heterocycles. The van der Waals surface area contributed by atoms with Crippen molar-refractivity contribution in [2.24, 2.45) is 0 Å². The molecule has 174 valence electrons. The summed E-state index contributed by atoms with van der Waals surface area (Å²) in [5.74, 6) is -0.303. The average molecular weight is 494 g/mol. The third-order valence-corrected chi connectivity index (χ3v) is 7.96. The minimum Gasteiger partial charge on any atom is -0.299 e. The van der Waals surface area contributed by atoms with Crippen LogP contribution in [-0.4, -0.2) is 19.7 Å². The molecule has 2 aromatic carbocycles. The molecule has 1 aromatic heterocycles. The van der Waals surface area contributed by atoms with E-state index in [1.54, 1.807) is 6.07 Å². The second kappa shape index (κ2) is 8.70. The first-order valence-electron chi connectivity index (χ1n) is 10.3. The van der Waals surface area contributed by atoms with Gasteiger partial charge in [0.25, 0.3) is 0 Å². The monoisotopic (exact) mass is 493 g/mol. The third kappa shape index (κ3) is 5.72. The van der Waals surface area contributed by atoms with Crippen molar-refractivity contribution in [3.05, 3.63) is 76.0 Å². The van der Waals surface area contributed by atoms with Gasteiger partial charge in [0.2, 0.25) is 10.0 Å². The summed E-state index contributed by atoms with van der Waals surface area (Å²) in [5, 5.41) is 3.78. The quantitative estimate of drug-likeness (QED) is 0.443. The Hall–Kier alpha value is -2.49. The molecular formula is C24H22F3NO3S2. The normalized spacial score (nSPS) is 15.4. The number of Topliss-reactive ketones (excluding diaryl/α,β-unsaturated/α-hetero) is 1. The molecule has 0 atom stereocenters. The summed E-state index contributed by atoms with van der Waals surface area (Å²) in [6.07, 6.45) is -3.23. The molecule has 9 heteroatoms. The van der Waals surface area contributed by atoms with Crippen LogP contribution in [0.15, 0.2) is 64.2 Å². The lowest BCUT2D eigenvalue weighted by Gasteiger charge is -2.15. The van der Waals surface area contributed by atoms with Gasteiger partial charge in [0.05, 0.1) is 10.5 Å². The van der Waals surface area contributed by atoms with E-state index in [0.717, 1.165) is 36.1 Å². The molecule has 1 N–H and O–H groups in total. The molecule has 3 aromatic rings. The first-order chi connectivity index (χ1) is 15.5. The van der Waals surface area contributed by atoms with Crippen LogP contribution in [0.25, 0.3) is 11.1 Å². The number of ketones is 1. The maximum atomic E-state index is 13.0. The van der Waals surface area contributed by atoms with Gasteiger partial charge >= 0.3 is 6.18 Å². The van der Waals surface area contributed by atoms with Crippen molar-refractivity contribution in [3.63, 3.8) is 0 Å². The van der Waals surface area contributed by atoms with E-state index < -0.39 is 27.3 Å². The maximum absolute atomic E-state index is 13.0. The molecule has 4 rings (SSSR count). The Balaban J connectivity index is 1.62. The number of nitrogens with one attached hydrogen (secondary N) is 1. The van der Waals surface area contributed by atoms with Gasteiger partial charge in [-0.05, 0) is 77.0 Å². The SMILES string of the molecule is CC1(NS(=O)(=O)c2ccc(-c3ccsc3)c(CC(=O)Cc3cccc(C(F)(F)F)c3)c2)CC1. The molecular weight excluding hydrogens is 471 g/mol. The molecule has 33 heavy (non-hydrogen) atoms. The van der Waals surface area contributed by atoms with Crippen LogP contribution in [0.2, 0.25) is 0 Å². The average Bonchev–Trinajstić information content (AvgIpc) is 3.21. The van der Waals surface area contributed by atoms with Crippen molar-refractivity contribution in [1.29, 1.82) is 0 Å². The molecule has 0 aliphatic heterocycles. The van der Waals surface area contributed by atoms with E-state index in [2.05, 4.69) is 4.72 Å². The van der Waals surface area contributed by atoms with Gasteiger partial charge in [0, 0.05) is 18.4 Å². The number of benzene rings is 2.